The van der Waals surface area contributed by atoms with E-state index in [2.05, 4.69) is 89.2 Å². The number of anilines is 1. The molecule has 1 aliphatic heterocycles. The molecule has 0 bridgehead atoms. The number of fused-ring (bicyclic) bond motifs is 2. The van der Waals surface area contributed by atoms with Crippen LogP contribution in [-0.2, 0) is 5.54 Å². The predicted molar refractivity (Wildman–Crippen MR) is 152 cm³/mol. The number of hydrogen-bond donors (Lipinski definition) is 1. The number of aryl methyl sites for hydroxylation is 2. The summed E-state index contributed by atoms with van der Waals surface area (Å²) in [6.07, 6.45) is 0. The molecule has 1 atom stereocenters. The summed E-state index contributed by atoms with van der Waals surface area (Å²) in [5.41, 5.74) is 4.44. The lowest BCUT2D eigenvalue weighted by molar-refractivity contribution is 0.190. The molecule has 1 unspecified atom stereocenters. The number of thiazole rings is 1. The van der Waals surface area contributed by atoms with Crippen molar-refractivity contribution >= 4 is 37.6 Å². The van der Waals surface area contributed by atoms with E-state index in [9.17, 15) is 4.79 Å². The molecule has 1 aliphatic rings. The largest absolute Gasteiger partial charge is 0.345 e. The van der Waals surface area contributed by atoms with Crippen molar-refractivity contribution in [1.82, 2.24) is 35.1 Å². The Kier molecular flexibility index (Phi) is 6.03. The monoisotopic (exact) mass is 528 g/mol. The number of aromatic nitrogens is 6. The van der Waals surface area contributed by atoms with E-state index in [4.69, 9.17) is 4.98 Å². The van der Waals surface area contributed by atoms with E-state index in [1.807, 2.05) is 22.9 Å². The summed E-state index contributed by atoms with van der Waals surface area (Å²) in [4.78, 5) is 26.2. The van der Waals surface area contributed by atoms with Crippen LogP contribution in [0.2, 0.25) is 0 Å². The SMILES string of the molecule is Cc1cc2cc(C(c3nnnn3C(C)(C)C)N3CCN(c4nc5ccccc5s4)CC3)c(=O)[nH]c2cc1C. The highest BCUT2D eigenvalue weighted by molar-refractivity contribution is 7.22. The number of H-pyrrole nitrogens is 1. The van der Waals surface area contributed by atoms with Crippen molar-refractivity contribution in [1.29, 1.82) is 0 Å². The molecule has 1 fully saturated rings. The van der Waals surface area contributed by atoms with Gasteiger partial charge in [-0.25, -0.2) is 9.67 Å². The normalized spacial score (nSPS) is 16.0. The van der Waals surface area contributed by atoms with E-state index in [-0.39, 0.29) is 17.1 Å². The maximum absolute atomic E-state index is 13.6. The average Bonchev–Trinajstić information content (AvgIpc) is 3.54. The van der Waals surface area contributed by atoms with E-state index in [0.29, 0.717) is 11.4 Å². The third-order valence-electron chi connectivity index (χ3n) is 7.39. The molecule has 2 aromatic carbocycles. The Balaban J connectivity index is 1.39. The molecule has 196 valence electrons. The van der Waals surface area contributed by atoms with Crippen LogP contribution >= 0.6 is 11.3 Å². The first-order chi connectivity index (χ1) is 18.2. The molecule has 0 radical (unpaired) electrons. The third-order valence-corrected chi connectivity index (χ3v) is 8.49. The minimum absolute atomic E-state index is 0.109. The van der Waals surface area contributed by atoms with Crippen molar-refractivity contribution < 1.29 is 0 Å². The number of nitrogens with zero attached hydrogens (tertiary/aromatic N) is 7. The van der Waals surface area contributed by atoms with Gasteiger partial charge in [0.05, 0.1) is 15.8 Å². The van der Waals surface area contributed by atoms with Crippen LogP contribution in [0.1, 0.15) is 49.3 Å². The van der Waals surface area contributed by atoms with Crippen LogP contribution in [0, 0.1) is 13.8 Å². The zero-order valence-electron chi connectivity index (χ0n) is 22.4. The van der Waals surface area contributed by atoms with Crippen molar-refractivity contribution in [3.05, 3.63) is 75.3 Å². The van der Waals surface area contributed by atoms with Gasteiger partial charge in [-0.1, -0.05) is 23.5 Å². The standard InChI is InChI=1S/C28H32N8OS/c1-17-14-19-16-20(26(37)29-22(19)15-18(17)2)24(25-31-32-33-36(25)28(3,4)5)34-10-12-35(13-11-34)27-30-21-8-6-7-9-23(21)38-27/h6-9,14-16,24H,10-13H2,1-5H3,(H,29,37). The van der Waals surface area contributed by atoms with Gasteiger partial charge in [-0.2, -0.15) is 0 Å². The van der Waals surface area contributed by atoms with Gasteiger partial charge in [0, 0.05) is 37.3 Å². The van der Waals surface area contributed by atoms with E-state index in [1.165, 1.54) is 10.3 Å². The molecular formula is C28H32N8OS. The Morgan fingerprint density at radius 2 is 1.74 bits per heavy atom. The summed E-state index contributed by atoms with van der Waals surface area (Å²) in [6, 6.07) is 14.1. The number of hydrogen-bond acceptors (Lipinski definition) is 8. The van der Waals surface area contributed by atoms with Crippen LogP contribution in [0.5, 0.6) is 0 Å². The molecule has 0 amide bonds. The second-order valence-electron chi connectivity index (χ2n) is 11.1. The van der Waals surface area contributed by atoms with Crippen LogP contribution < -0.4 is 10.5 Å². The van der Waals surface area contributed by atoms with Crippen molar-refractivity contribution in [2.75, 3.05) is 31.1 Å². The second kappa shape index (κ2) is 9.28. The first-order valence-corrected chi connectivity index (χ1v) is 13.8. The highest BCUT2D eigenvalue weighted by Crippen LogP contribution is 2.33. The fourth-order valence-corrected chi connectivity index (χ4v) is 6.22. The number of para-hydroxylation sites is 1. The molecule has 1 saturated heterocycles. The highest BCUT2D eigenvalue weighted by atomic mass is 32.1. The summed E-state index contributed by atoms with van der Waals surface area (Å²) in [5.74, 6) is 0.680. The zero-order valence-corrected chi connectivity index (χ0v) is 23.2. The molecule has 5 aromatic rings. The Hall–Kier alpha value is -3.63. The molecule has 10 heteroatoms. The van der Waals surface area contributed by atoms with Crippen LogP contribution in [-0.4, -0.2) is 61.3 Å². The lowest BCUT2D eigenvalue weighted by Gasteiger charge is -2.39. The molecule has 6 rings (SSSR count). The summed E-state index contributed by atoms with van der Waals surface area (Å²) < 4.78 is 3.04. The quantitative estimate of drug-likeness (QED) is 0.369. The van der Waals surface area contributed by atoms with Gasteiger partial charge in [0.15, 0.2) is 11.0 Å². The summed E-state index contributed by atoms with van der Waals surface area (Å²) in [5, 5.41) is 14.9. The molecule has 0 saturated carbocycles. The number of nitrogens with one attached hydrogen (secondary N) is 1. The van der Waals surface area contributed by atoms with Crippen molar-refractivity contribution in [3.63, 3.8) is 0 Å². The van der Waals surface area contributed by atoms with Crippen LogP contribution in [0.15, 0.2) is 47.3 Å². The number of rotatable bonds is 4. The zero-order chi connectivity index (χ0) is 26.6. The number of pyridine rings is 1. The second-order valence-corrected chi connectivity index (χ2v) is 12.1. The molecule has 9 nitrogen and oxygen atoms in total. The molecule has 38 heavy (non-hydrogen) atoms. The molecule has 4 heterocycles. The van der Waals surface area contributed by atoms with Gasteiger partial charge in [0.1, 0.15) is 6.04 Å². The maximum atomic E-state index is 13.6. The number of aromatic amines is 1. The van der Waals surface area contributed by atoms with E-state index in [0.717, 1.165) is 53.3 Å². The lowest BCUT2D eigenvalue weighted by Crippen LogP contribution is -2.49. The van der Waals surface area contributed by atoms with Crippen molar-refractivity contribution in [2.24, 2.45) is 0 Å². The molecule has 0 spiro atoms. The van der Waals surface area contributed by atoms with Gasteiger partial charge in [0.25, 0.3) is 5.56 Å². The fraction of sp³-hybridized carbons (Fsp3) is 0.393. The first-order valence-electron chi connectivity index (χ1n) is 13.0. The summed E-state index contributed by atoms with van der Waals surface area (Å²) in [6.45, 7) is 13.5. The predicted octanol–water partition coefficient (Wildman–Crippen LogP) is 4.41. The third kappa shape index (κ3) is 4.37. The van der Waals surface area contributed by atoms with E-state index < -0.39 is 0 Å². The fourth-order valence-electron chi connectivity index (χ4n) is 5.20. The van der Waals surface area contributed by atoms with Gasteiger partial charge in [-0.3, -0.25) is 9.69 Å². The number of tetrazole rings is 1. The van der Waals surface area contributed by atoms with Gasteiger partial charge >= 0.3 is 0 Å². The van der Waals surface area contributed by atoms with E-state index >= 15 is 0 Å². The maximum Gasteiger partial charge on any atom is 0.253 e. The van der Waals surface area contributed by atoms with Crippen LogP contribution in [0.4, 0.5) is 5.13 Å². The Morgan fingerprint density at radius 3 is 2.47 bits per heavy atom. The van der Waals surface area contributed by atoms with Crippen LogP contribution in [0.3, 0.4) is 0 Å². The lowest BCUT2D eigenvalue weighted by atomic mass is 9.99. The average molecular weight is 529 g/mol. The number of benzene rings is 2. The molecule has 0 aliphatic carbocycles. The van der Waals surface area contributed by atoms with Gasteiger partial charge in [-0.05, 0) is 91.9 Å². The van der Waals surface area contributed by atoms with Crippen LogP contribution in [0.25, 0.3) is 21.1 Å². The molecule has 3 aromatic heterocycles. The van der Waals surface area contributed by atoms with E-state index in [1.54, 1.807) is 11.3 Å². The first kappa shape index (κ1) is 24.7. The molecular weight excluding hydrogens is 496 g/mol. The summed E-state index contributed by atoms with van der Waals surface area (Å²) in [7, 11) is 0. The van der Waals surface area contributed by atoms with Gasteiger partial charge < -0.3 is 9.88 Å². The summed E-state index contributed by atoms with van der Waals surface area (Å²) >= 11 is 1.72. The Morgan fingerprint density at radius 1 is 1.00 bits per heavy atom. The Labute approximate surface area is 225 Å². The Bertz CT molecular complexity index is 1650. The topological polar surface area (TPSA) is 95.8 Å². The smallest absolute Gasteiger partial charge is 0.253 e. The molecule has 1 N–H and O–H groups in total. The minimum Gasteiger partial charge on any atom is -0.345 e. The van der Waals surface area contributed by atoms with Gasteiger partial charge in [0.2, 0.25) is 0 Å². The van der Waals surface area contributed by atoms with Crippen molar-refractivity contribution in [3.8, 4) is 0 Å². The van der Waals surface area contributed by atoms with Gasteiger partial charge in [-0.15, -0.1) is 5.10 Å². The minimum atomic E-state index is -0.378. The highest BCUT2D eigenvalue weighted by Gasteiger charge is 2.35. The number of piperazine rings is 1. The van der Waals surface area contributed by atoms with Crippen molar-refractivity contribution in [2.45, 2.75) is 46.2 Å².